The van der Waals surface area contributed by atoms with Crippen molar-refractivity contribution in [2.75, 3.05) is 17.4 Å². The Kier molecular flexibility index (Phi) is 15.4. The van der Waals surface area contributed by atoms with Crippen LogP contribution in [0.15, 0.2) is 84.6 Å². The third-order valence-corrected chi connectivity index (χ3v) is 9.84. The summed E-state index contributed by atoms with van der Waals surface area (Å²) in [5.74, 6) is -1.61. The van der Waals surface area contributed by atoms with Crippen LogP contribution in [0.2, 0.25) is 0 Å². The van der Waals surface area contributed by atoms with E-state index in [9.17, 15) is 52.1 Å². The van der Waals surface area contributed by atoms with Crippen molar-refractivity contribution in [3.8, 4) is 0 Å². The van der Waals surface area contributed by atoms with Gasteiger partial charge in [0, 0.05) is 10.8 Å². The van der Waals surface area contributed by atoms with Gasteiger partial charge in [-0.3, -0.25) is 8.98 Å². The molecular weight excluding hydrogens is 725 g/mol. The van der Waals surface area contributed by atoms with Crippen LogP contribution in [0.5, 0.6) is 0 Å². The molecule has 1 heterocycles. The molecule has 0 fully saturated rings. The normalized spacial score (nSPS) is 15.7. The topological polar surface area (TPSA) is 272 Å². The van der Waals surface area contributed by atoms with E-state index in [1.807, 2.05) is 0 Å². The Morgan fingerprint density at radius 2 is 1.43 bits per heavy atom. The van der Waals surface area contributed by atoms with Crippen LogP contribution in [0.3, 0.4) is 0 Å². The van der Waals surface area contributed by atoms with E-state index in [2.05, 4.69) is 19.5 Å². The maximum Gasteiger partial charge on any atom is 1.00 e. The summed E-state index contributed by atoms with van der Waals surface area (Å²) >= 11 is 0. The number of azo groups is 1. The van der Waals surface area contributed by atoms with E-state index >= 15 is 0 Å². The van der Waals surface area contributed by atoms with Crippen LogP contribution in [-0.4, -0.2) is 77.3 Å². The van der Waals surface area contributed by atoms with Gasteiger partial charge in [-0.15, -0.1) is 0 Å². The van der Waals surface area contributed by atoms with E-state index in [-0.39, 0.29) is 110 Å². The number of amides is 1. The predicted molar refractivity (Wildman–Crippen MR) is 143 cm³/mol. The number of rotatable bonds is 10. The van der Waals surface area contributed by atoms with Crippen molar-refractivity contribution in [1.29, 1.82) is 0 Å². The Morgan fingerprint density at radius 3 is 1.98 bits per heavy atom. The molecule has 0 radical (unpaired) electrons. The molecule has 17 nitrogen and oxygen atoms in total. The predicted octanol–water partition coefficient (Wildman–Crippen LogP) is -8.21. The van der Waals surface area contributed by atoms with Gasteiger partial charge in [0.25, 0.3) is 5.91 Å². The van der Waals surface area contributed by atoms with Crippen molar-refractivity contribution >= 4 is 74.2 Å². The largest absolute Gasteiger partial charge is 1.00 e. The number of carbonyl (C=O) groups excluding carboxylic acids is 1. The molecule has 0 N–H and O–H groups in total. The molecule has 1 aliphatic heterocycles. The average Bonchev–Trinajstić information content (AvgIpc) is 3.17. The summed E-state index contributed by atoms with van der Waals surface area (Å²) in [6.07, 6.45) is 0. The smallest absolute Gasteiger partial charge is 0.744 e. The zero-order valence-electron chi connectivity index (χ0n) is 24.4. The number of sulfone groups is 1. The first-order valence-electron chi connectivity index (χ1n) is 11.5. The molecule has 0 aliphatic carbocycles. The zero-order chi connectivity index (χ0) is 32.0. The van der Waals surface area contributed by atoms with Crippen molar-refractivity contribution < 1.29 is 145 Å². The third kappa shape index (κ3) is 10.2. The second kappa shape index (κ2) is 16.3. The van der Waals surface area contributed by atoms with E-state index in [0.717, 1.165) is 47.5 Å². The first-order valence-corrected chi connectivity index (χ1v) is 17.3. The van der Waals surface area contributed by atoms with E-state index < -0.39 is 85.6 Å². The molecule has 3 aromatic carbocycles. The van der Waals surface area contributed by atoms with Crippen LogP contribution >= 0.6 is 0 Å². The van der Waals surface area contributed by atoms with Crippen LogP contribution in [0, 0.1) is 0 Å². The molecular formula is C22H17N4Na3O13S4. The number of anilines is 1. The van der Waals surface area contributed by atoms with Crippen molar-refractivity contribution in [3.05, 3.63) is 54.6 Å². The average molecular weight is 743 g/mol. The van der Waals surface area contributed by atoms with Gasteiger partial charge >= 0.3 is 88.7 Å². The summed E-state index contributed by atoms with van der Waals surface area (Å²) in [5, 5.41) is 11.8. The number of nitrogens with zero attached hydrogens (tertiary/aromatic N) is 4. The Labute approximate surface area is 330 Å². The molecule has 230 valence electrons. The fourth-order valence-electron chi connectivity index (χ4n) is 4.00. The van der Waals surface area contributed by atoms with Crippen molar-refractivity contribution in [3.63, 3.8) is 0 Å². The summed E-state index contributed by atoms with van der Waals surface area (Å²) in [6, 6.07) is 8.33. The molecule has 0 spiro atoms. The van der Waals surface area contributed by atoms with Gasteiger partial charge in [-0.1, -0.05) is 18.2 Å². The second-order valence-electron chi connectivity index (χ2n) is 8.73. The number of fused-ring (bicyclic) bond motifs is 1. The van der Waals surface area contributed by atoms with Gasteiger partial charge in [-0.05, 0) is 43.3 Å². The number of benzene rings is 3. The third-order valence-electron chi connectivity index (χ3n) is 5.87. The SMILES string of the molecule is CC1=NN(c2ccc(S(=O)(=O)CCOS(=O)(=O)[O-])cc2)C(=O)C1N=Nc1ccc2c(S(=O)(=O)[O-])cccc2c1S(=O)(=O)[O-].[Na+].[Na+].[Na+]. The first kappa shape index (κ1) is 43.3. The van der Waals surface area contributed by atoms with Crippen LogP contribution < -0.4 is 93.7 Å². The molecule has 1 amide bonds. The van der Waals surface area contributed by atoms with Gasteiger partial charge in [0.1, 0.15) is 25.9 Å². The minimum absolute atomic E-state index is 0. The summed E-state index contributed by atoms with van der Waals surface area (Å²) in [6.45, 7) is 0.490. The van der Waals surface area contributed by atoms with Crippen molar-refractivity contribution in [2.24, 2.45) is 15.3 Å². The van der Waals surface area contributed by atoms with Gasteiger partial charge in [0.05, 0.1) is 38.4 Å². The number of hydrogen-bond acceptors (Lipinski definition) is 16. The van der Waals surface area contributed by atoms with E-state index in [0.29, 0.717) is 0 Å². The summed E-state index contributed by atoms with van der Waals surface area (Å²) in [4.78, 5) is 11.1. The summed E-state index contributed by atoms with van der Waals surface area (Å²) in [7, 11) is -19.5. The summed E-state index contributed by atoms with van der Waals surface area (Å²) < 4.78 is 131. The quantitative estimate of drug-likeness (QED) is 0.0809. The maximum absolute atomic E-state index is 13.1. The minimum atomic E-state index is -5.31. The Balaban J connectivity index is 0.00000353. The molecule has 1 atom stereocenters. The molecule has 46 heavy (non-hydrogen) atoms. The van der Waals surface area contributed by atoms with Crippen LogP contribution in [0.1, 0.15) is 6.92 Å². The van der Waals surface area contributed by atoms with Crippen LogP contribution in [0.4, 0.5) is 11.4 Å². The Morgan fingerprint density at radius 1 is 0.826 bits per heavy atom. The first-order chi connectivity index (χ1) is 19.8. The number of hydrazone groups is 1. The molecule has 3 aromatic rings. The molecule has 24 heteroatoms. The minimum Gasteiger partial charge on any atom is -0.744 e. The van der Waals surface area contributed by atoms with E-state index in [1.54, 1.807) is 0 Å². The molecule has 1 unspecified atom stereocenters. The van der Waals surface area contributed by atoms with Gasteiger partial charge in [0.15, 0.2) is 15.9 Å². The fourth-order valence-corrected chi connectivity index (χ4v) is 6.99. The van der Waals surface area contributed by atoms with Gasteiger partial charge < -0.3 is 13.7 Å². The maximum atomic E-state index is 13.1. The Hall–Kier alpha value is -0.700. The molecule has 1 aliphatic rings. The number of carbonyl (C=O) groups is 1. The van der Waals surface area contributed by atoms with Crippen LogP contribution in [0.25, 0.3) is 10.8 Å². The Bertz CT molecular complexity index is 2140. The fraction of sp³-hybridized carbons (Fsp3) is 0.182. The molecule has 0 saturated heterocycles. The standard InChI is InChI=1S/C22H20N4O13S4.3Na/c1-13-20(22(27)26(25-13)14-5-7-15(8-6-14)40(28,29)12-11-39-43(36,37)38)24-23-18-10-9-16-17(21(18)42(33,34)35)3-2-4-19(16)41(30,31)32;;;/h2-10,20H,11-12H2,1H3,(H,30,31,32)(H,33,34,35)(H,36,37,38);;;/q;3*+1/p-3. The summed E-state index contributed by atoms with van der Waals surface area (Å²) in [5.41, 5.74) is -0.377. The van der Waals surface area contributed by atoms with Gasteiger partial charge in [-0.25, -0.2) is 33.7 Å². The molecule has 0 bridgehead atoms. The van der Waals surface area contributed by atoms with Gasteiger partial charge in [-0.2, -0.15) is 20.3 Å². The monoisotopic (exact) mass is 742 g/mol. The van der Waals surface area contributed by atoms with Crippen LogP contribution in [-0.2, 0) is 49.5 Å². The van der Waals surface area contributed by atoms with E-state index in [1.165, 1.54) is 19.1 Å². The van der Waals surface area contributed by atoms with Gasteiger partial charge in [0.2, 0.25) is 10.4 Å². The molecule has 0 aromatic heterocycles. The van der Waals surface area contributed by atoms with E-state index in [4.69, 9.17) is 0 Å². The zero-order valence-corrected chi connectivity index (χ0v) is 33.7. The second-order valence-corrected chi connectivity index (χ2v) is 14.6. The molecule has 4 rings (SSSR count). The van der Waals surface area contributed by atoms with Crippen molar-refractivity contribution in [1.82, 2.24) is 0 Å². The number of hydrogen-bond donors (Lipinski definition) is 0. The molecule has 0 saturated carbocycles. The van der Waals surface area contributed by atoms with Crippen molar-refractivity contribution in [2.45, 2.75) is 27.7 Å².